The Morgan fingerprint density at radius 2 is 1.88 bits per heavy atom. The van der Waals surface area contributed by atoms with Crippen molar-refractivity contribution >= 4 is 52.0 Å². The van der Waals surface area contributed by atoms with Gasteiger partial charge in [0.2, 0.25) is 11.8 Å². The highest BCUT2D eigenvalue weighted by Crippen LogP contribution is 2.57. The first-order valence-corrected chi connectivity index (χ1v) is 24.5. The lowest BCUT2D eigenvalue weighted by Crippen LogP contribution is -2.64. The second-order valence-corrected chi connectivity index (χ2v) is 21.0. The molecule has 3 saturated heterocycles. The fourth-order valence-electron chi connectivity index (χ4n) is 11.4. The number of pyridine rings is 1. The number of ether oxygens (including phenoxy) is 2. The number of aromatic nitrogens is 3. The van der Waals surface area contributed by atoms with E-state index in [2.05, 4.69) is 66.9 Å². The molecule has 2 N–H and O–H groups in total. The topological polar surface area (TPSA) is 172 Å². The monoisotopic (exact) mass is 933 g/mol. The number of hydrazine groups is 1. The second kappa shape index (κ2) is 18.1. The molecule has 3 fully saturated rings. The Bertz CT molecular complexity index is 2610. The lowest BCUT2D eigenvalue weighted by atomic mass is 9.67. The summed E-state index contributed by atoms with van der Waals surface area (Å²) in [4.78, 5) is 84.6. The molecule has 0 radical (unpaired) electrons. The first-order valence-electron chi connectivity index (χ1n) is 23.6. The highest BCUT2D eigenvalue weighted by molar-refractivity contribution is 7.10. The van der Waals surface area contributed by atoms with Crippen molar-refractivity contribution in [3.8, 4) is 22.5 Å². The molecule has 356 valence electrons. The molecule has 5 aliphatic rings. The molecule has 1 aromatic carbocycles. The van der Waals surface area contributed by atoms with Crippen LogP contribution in [0.3, 0.4) is 0 Å². The van der Waals surface area contributed by atoms with Gasteiger partial charge in [0.1, 0.15) is 24.2 Å². The zero-order valence-corrected chi connectivity index (χ0v) is 40.5. The Hall–Kier alpha value is -5.65. The first-order chi connectivity index (χ1) is 32.1. The molecule has 1 spiro atoms. The summed E-state index contributed by atoms with van der Waals surface area (Å²) in [6, 6.07) is 7.43. The molecule has 7 heterocycles. The Balaban J connectivity index is 1.03. The number of carbonyl (C=O) groups excluding carboxylic acids is 5. The number of aryl methyl sites for hydroxylation is 1. The minimum absolute atomic E-state index is 0.00858. The number of esters is 1. The summed E-state index contributed by atoms with van der Waals surface area (Å²) in [5.74, 6) is -1.97. The molecule has 4 aromatic rings. The van der Waals surface area contributed by atoms with Gasteiger partial charge in [0.15, 0.2) is 0 Å². The maximum Gasteiger partial charge on any atom is 0.324 e. The van der Waals surface area contributed by atoms with Crippen molar-refractivity contribution in [3.63, 3.8) is 0 Å². The predicted octanol–water partition coefficient (Wildman–Crippen LogP) is 5.92. The number of piperidine rings is 1. The van der Waals surface area contributed by atoms with Crippen LogP contribution in [0.2, 0.25) is 0 Å². The van der Waals surface area contributed by atoms with Gasteiger partial charge < -0.3 is 34.1 Å². The van der Waals surface area contributed by atoms with E-state index in [4.69, 9.17) is 19.4 Å². The van der Waals surface area contributed by atoms with Gasteiger partial charge in [-0.05, 0) is 74.4 Å². The number of likely N-dealkylation sites (N-methyl/N-ethyl adjacent to an activating group) is 1. The molecule has 5 amide bonds. The number of carbonyl (C=O) groups is 5. The summed E-state index contributed by atoms with van der Waals surface area (Å²) in [7, 11) is 3.35. The van der Waals surface area contributed by atoms with Gasteiger partial charge in [-0.15, -0.1) is 11.3 Å². The lowest BCUT2D eigenvalue weighted by Gasteiger charge is -2.54. The van der Waals surface area contributed by atoms with Gasteiger partial charge in [0.05, 0.1) is 28.7 Å². The van der Waals surface area contributed by atoms with E-state index >= 15 is 0 Å². The van der Waals surface area contributed by atoms with Gasteiger partial charge in [-0.25, -0.2) is 15.2 Å². The fourth-order valence-corrected chi connectivity index (χ4v) is 12.3. The third-order valence-corrected chi connectivity index (χ3v) is 15.8. The molecular formula is C50H63N9O7S. The molecule has 6 bridgehead atoms. The molecule has 9 rings (SSSR count). The van der Waals surface area contributed by atoms with E-state index in [1.54, 1.807) is 30.2 Å². The zero-order valence-electron chi connectivity index (χ0n) is 39.7. The number of cyclic esters (lactones) is 1. The molecule has 67 heavy (non-hydrogen) atoms. The van der Waals surface area contributed by atoms with Crippen LogP contribution in [0.15, 0.2) is 54.6 Å². The van der Waals surface area contributed by atoms with Crippen LogP contribution in [0.5, 0.6) is 0 Å². The van der Waals surface area contributed by atoms with Crippen LogP contribution in [0.25, 0.3) is 33.4 Å². The number of hydrogen-bond donors (Lipinski definition) is 2. The highest BCUT2D eigenvalue weighted by atomic mass is 32.1. The Morgan fingerprint density at radius 3 is 2.58 bits per heavy atom. The first kappa shape index (κ1) is 46.5. The number of nitrogens with one attached hydrogen (secondary N) is 2. The summed E-state index contributed by atoms with van der Waals surface area (Å²) in [5, 5.41) is 8.17. The van der Waals surface area contributed by atoms with Crippen molar-refractivity contribution in [3.05, 3.63) is 70.8 Å². The Morgan fingerprint density at radius 1 is 1.12 bits per heavy atom. The van der Waals surface area contributed by atoms with E-state index in [-0.39, 0.29) is 42.2 Å². The van der Waals surface area contributed by atoms with Gasteiger partial charge in [-0.3, -0.25) is 29.2 Å². The van der Waals surface area contributed by atoms with Gasteiger partial charge in [0, 0.05) is 110 Å². The predicted molar refractivity (Wildman–Crippen MR) is 254 cm³/mol. The minimum atomic E-state index is -1.07. The van der Waals surface area contributed by atoms with Crippen molar-refractivity contribution < 1.29 is 33.4 Å². The average molecular weight is 934 g/mol. The van der Waals surface area contributed by atoms with Crippen LogP contribution in [-0.4, -0.2) is 136 Å². The molecule has 4 aliphatic heterocycles. The number of likely N-dealkylation sites (tertiary alicyclic amines) is 2. The van der Waals surface area contributed by atoms with Crippen LogP contribution in [0, 0.1) is 16.7 Å². The van der Waals surface area contributed by atoms with E-state index in [1.165, 1.54) is 27.3 Å². The van der Waals surface area contributed by atoms with Crippen molar-refractivity contribution in [2.45, 2.75) is 103 Å². The smallest absolute Gasteiger partial charge is 0.324 e. The Labute approximate surface area is 396 Å². The summed E-state index contributed by atoms with van der Waals surface area (Å²) in [5.41, 5.74) is 9.25. The van der Waals surface area contributed by atoms with Gasteiger partial charge in [-0.2, -0.15) is 0 Å². The van der Waals surface area contributed by atoms with Crippen LogP contribution in [-0.2, 0) is 41.6 Å². The molecule has 17 heteroatoms. The maximum absolute atomic E-state index is 14.7. The number of urea groups is 1. The SMILES string of the molecule is C=CC(=O)N1CC2(CCN(C(=O)N(C)C(C(=O)NC3Cc4nc(cs4)-c4ccc5c(c4)c4c(n5CC)-c5cccnc5[C@@H](OC)C4C(C)(C)COC(=O)[C@@H]4CCCN(N4)C3=O)C(C)C)CC2)C1. The van der Waals surface area contributed by atoms with Crippen molar-refractivity contribution in [1.82, 2.24) is 45.0 Å². The number of hydrogen-bond acceptors (Lipinski definition) is 11. The minimum Gasteiger partial charge on any atom is -0.464 e. The van der Waals surface area contributed by atoms with E-state index in [0.29, 0.717) is 57.1 Å². The molecular weight excluding hydrogens is 871 g/mol. The van der Waals surface area contributed by atoms with E-state index in [9.17, 15) is 24.0 Å². The maximum atomic E-state index is 14.7. The van der Waals surface area contributed by atoms with E-state index < -0.39 is 47.4 Å². The second-order valence-electron chi connectivity index (χ2n) is 20.1. The third kappa shape index (κ3) is 8.30. The summed E-state index contributed by atoms with van der Waals surface area (Å²) in [6.07, 6.45) is 5.30. The lowest BCUT2D eigenvalue weighted by molar-refractivity contribution is -0.156. The molecule has 0 saturated carbocycles. The largest absolute Gasteiger partial charge is 0.464 e. The normalized spacial score (nSPS) is 23.8. The quantitative estimate of drug-likeness (QED) is 0.167. The number of thiazole rings is 1. The van der Waals surface area contributed by atoms with Crippen LogP contribution < -0.4 is 10.7 Å². The highest BCUT2D eigenvalue weighted by Gasteiger charge is 2.49. The van der Waals surface area contributed by atoms with Crippen molar-refractivity contribution in [1.29, 1.82) is 0 Å². The standard InChI is InChI=1S/C50H63N9O7S/c1-9-38(60)57-26-50(27-57)17-21-56(22-18-50)48(64)55(7)42(29(3)4)45(61)53-34-24-37-52-35(25-67-37)30-15-16-36-32(23-30)39-40(44(65-8)41-31(13-11-19-51-41)43(39)58(36)10-2)49(5,6)28-66-47(63)33-14-12-20-59(54-33)46(34)62/h9,11,13,15-16,19,23,25,29,33-34,40,42,44,54H,1,10,12,14,17-18,20-22,24,26-28H2,2-8H3,(H,53,61)/t33-,34?,40?,42?,44-/m0/s1. The van der Waals surface area contributed by atoms with Gasteiger partial charge >= 0.3 is 12.0 Å². The zero-order chi connectivity index (χ0) is 47.5. The molecule has 16 nitrogen and oxygen atoms in total. The summed E-state index contributed by atoms with van der Waals surface area (Å²) >= 11 is 1.42. The van der Waals surface area contributed by atoms with Crippen LogP contribution in [0.1, 0.15) is 88.6 Å². The number of fused-ring (bicyclic) bond motifs is 8. The van der Waals surface area contributed by atoms with Crippen LogP contribution >= 0.6 is 11.3 Å². The number of benzene rings is 1. The van der Waals surface area contributed by atoms with Crippen LogP contribution in [0.4, 0.5) is 4.79 Å². The van der Waals surface area contributed by atoms with Crippen molar-refractivity contribution in [2.75, 3.05) is 53.5 Å². The van der Waals surface area contributed by atoms with Gasteiger partial charge in [0.25, 0.3) is 5.91 Å². The Kier molecular flexibility index (Phi) is 12.6. The molecule has 3 unspecified atom stereocenters. The number of amides is 5. The number of methoxy groups -OCH3 is 1. The summed E-state index contributed by atoms with van der Waals surface area (Å²) in [6.45, 7) is 17.2. The van der Waals surface area contributed by atoms with E-state index in [0.717, 1.165) is 57.5 Å². The number of rotatable bonds is 7. The molecule has 1 aliphatic carbocycles. The van der Waals surface area contributed by atoms with Gasteiger partial charge in [-0.1, -0.05) is 40.3 Å². The third-order valence-electron chi connectivity index (χ3n) is 14.9. The van der Waals surface area contributed by atoms with E-state index in [1.807, 2.05) is 25.3 Å². The number of nitrogens with zero attached hydrogens (tertiary/aromatic N) is 7. The summed E-state index contributed by atoms with van der Waals surface area (Å²) < 4.78 is 14.9. The van der Waals surface area contributed by atoms with Crippen molar-refractivity contribution in [2.24, 2.45) is 16.7 Å². The molecule has 5 atom stereocenters. The average Bonchev–Trinajstić information content (AvgIpc) is 3.93. The fraction of sp³-hybridized carbons (Fsp3) is 0.540. The molecule has 3 aromatic heterocycles.